The van der Waals surface area contributed by atoms with Gasteiger partial charge in [0.2, 0.25) is 0 Å². The zero-order chi connectivity index (χ0) is 14.0. The van der Waals surface area contributed by atoms with Gasteiger partial charge in [-0.05, 0) is 38.3 Å². The number of ether oxygens (including phenoxy) is 2. The summed E-state index contributed by atoms with van der Waals surface area (Å²) in [7, 11) is 0. The van der Waals surface area contributed by atoms with Crippen molar-refractivity contribution in [2.75, 3.05) is 32.9 Å². The van der Waals surface area contributed by atoms with Gasteiger partial charge in [0.15, 0.2) is 0 Å². The summed E-state index contributed by atoms with van der Waals surface area (Å²) in [6, 6.07) is 10.6. The van der Waals surface area contributed by atoms with Crippen LogP contribution in [0.1, 0.15) is 37.9 Å². The van der Waals surface area contributed by atoms with E-state index in [0.717, 1.165) is 39.3 Å². The van der Waals surface area contributed by atoms with Gasteiger partial charge in [-0.15, -0.1) is 0 Å². The van der Waals surface area contributed by atoms with Gasteiger partial charge >= 0.3 is 0 Å². The molecule has 1 heterocycles. The molecule has 2 atom stereocenters. The highest BCUT2D eigenvalue weighted by molar-refractivity contribution is 5.18. The average molecular weight is 277 g/mol. The smallest absolute Gasteiger partial charge is 0.0865 e. The van der Waals surface area contributed by atoms with E-state index in [1.54, 1.807) is 0 Å². The summed E-state index contributed by atoms with van der Waals surface area (Å²) < 4.78 is 11.6. The summed E-state index contributed by atoms with van der Waals surface area (Å²) in [4.78, 5) is 0. The normalized spacial score (nSPS) is 20.8. The van der Waals surface area contributed by atoms with Crippen molar-refractivity contribution in [3.8, 4) is 0 Å². The second-order valence-corrected chi connectivity index (χ2v) is 5.36. The van der Waals surface area contributed by atoms with Crippen LogP contribution in [0.2, 0.25) is 0 Å². The second-order valence-electron chi connectivity index (χ2n) is 5.36. The quantitative estimate of drug-likeness (QED) is 0.740. The van der Waals surface area contributed by atoms with E-state index in [9.17, 15) is 0 Å². The van der Waals surface area contributed by atoms with Gasteiger partial charge in [0.25, 0.3) is 0 Å². The maximum Gasteiger partial charge on any atom is 0.0865 e. The lowest BCUT2D eigenvalue weighted by Crippen LogP contribution is -2.34. The van der Waals surface area contributed by atoms with E-state index >= 15 is 0 Å². The Morgan fingerprint density at radius 3 is 2.80 bits per heavy atom. The Hall–Kier alpha value is -0.900. The molecule has 0 amide bonds. The zero-order valence-corrected chi connectivity index (χ0v) is 12.5. The molecule has 1 aromatic carbocycles. The van der Waals surface area contributed by atoms with Crippen LogP contribution in [0.3, 0.4) is 0 Å². The third-order valence-electron chi connectivity index (χ3n) is 3.83. The number of rotatable bonds is 8. The van der Waals surface area contributed by atoms with Crippen molar-refractivity contribution >= 4 is 0 Å². The molecule has 1 saturated heterocycles. The van der Waals surface area contributed by atoms with Crippen LogP contribution in [0.5, 0.6) is 0 Å². The van der Waals surface area contributed by atoms with Crippen LogP contribution >= 0.6 is 0 Å². The van der Waals surface area contributed by atoms with E-state index in [1.165, 1.54) is 18.4 Å². The molecule has 1 N–H and O–H groups in total. The minimum Gasteiger partial charge on any atom is -0.382 e. The van der Waals surface area contributed by atoms with E-state index in [4.69, 9.17) is 9.47 Å². The highest BCUT2D eigenvalue weighted by Gasteiger charge is 2.25. The van der Waals surface area contributed by atoms with Crippen molar-refractivity contribution in [1.29, 1.82) is 0 Å². The minimum atomic E-state index is 0.214. The van der Waals surface area contributed by atoms with E-state index < -0.39 is 0 Å². The van der Waals surface area contributed by atoms with Gasteiger partial charge in [-0.2, -0.15) is 0 Å². The first-order valence-corrected chi connectivity index (χ1v) is 7.87. The second kappa shape index (κ2) is 9.11. The molecule has 0 aliphatic carbocycles. The average Bonchev–Trinajstić information content (AvgIpc) is 2.53. The van der Waals surface area contributed by atoms with E-state index in [1.807, 2.05) is 6.92 Å². The van der Waals surface area contributed by atoms with E-state index in [-0.39, 0.29) is 6.10 Å². The molecule has 0 radical (unpaired) electrons. The Kier molecular flexibility index (Phi) is 7.06. The van der Waals surface area contributed by atoms with E-state index in [0.29, 0.717) is 5.92 Å². The molecule has 0 spiro atoms. The summed E-state index contributed by atoms with van der Waals surface area (Å²) in [6.45, 7) is 6.58. The highest BCUT2D eigenvalue weighted by atomic mass is 16.5. The third-order valence-corrected chi connectivity index (χ3v) is 3.83. The number of piperidine rings is 1. The summed E-state index contributed by atoms with van der Waals surface area (Å²) in [5, 5.41) is 3.49. The van der Waals surface area contributed by atoms with Crippen molar-refractivity contribution in [2.24, 2.45) is 5.92 Å². The molecule has 1 aromatic rings. The predicted octanol–water partition coefficient (Wildman–Crippen LogP) is 3.17. The topological polar surface area (TPSA) is 30.5 Å². The number of hydrogen-bond acceptors (Lipinski definition) is 3. The van der Waals surface area contributed by atoms with Crippen molar-refractivity contribution in [3.05, 3.63) is 35.9 Å². The van der Waals surface area contributed by atoms with Crippen LogP contribution < -0.4 is 5.32 Å². The van der Waals surface area contributed by atoms with Gasteiger partial charge in [-0.1, -0.05) is 30.3 Å². The van der Waals surface area contributed by atoms with E-state index in [2.05, 4.69) is 35.6 Å². The van der Waals surface area contributed by atoms with Crippen LogP contribution in [-0.2, 0) is 9.47 Å². The fourth-order valence-electron chi connectivity index (χ4n) is 2.80. The maximum absolute atomic E-state index is 6.19. The van der Waals surface area contributed by atoms with Crippen LogP contribution in [0.15, 0.2) is 30.3 Å². The Balaban J connectivity index is 1.90. The number of hydrogen-bond donors (Lipinski definition) is 1. The molecule has 3 heteroatoms. The maximum atomic E-state index is 6.19. The fraction of sp³-hybridized carbons (Fsp3) is 0.647. The van der Waals surface area contributed by atoms with Crippen LogP contribution in [-0.4, -0.2) is 32.9 Å². The van der Waals surface area contributed by atoms with Gasteiger partial charge in [0.1, 0.15) is 0 Å². The summed E-state index contributed by atoms with van der Waals surface area (Å²) in [5.74, 6) is 0.582. The Morgan fingerprint density at radius 2 is 2.10 bits per heavy atom. The van der Waals surface area contributed by atoms with Gasteiger partial charge in [-0.25, -0.2) is 0 Å². The standard InChI is InChI=1S/C17H27NO2/c1-2-19-12-7-13-20-17(15-8-4-3-5-9-15)16-10-6-11-18-14-16/h3-5,8-9,16-18H,2,6-7,10-14H2,1H3/t16-,17?/m1/s1. The monoisotopic (exact) mass is 277 g/mol. The lowest BCUT2D eigenvalue weighted by molar-refractivity contribution is -0.00719. The molecule has 0 saturated carbocycles. The van der Waals surface area contributed by atoms with Crippen LogP contribution in [0.25, 0.3) is 0 Å². The van der Waals surface area contributed by atoms with Crippen LogP contribution in [0.4, 0.5) is 0 Å². The zero-order valence-electron chi connectivity index (χ0n) is 12.5. The van der Waals surface area contributed by atoms with Gasteiger partial charge in [0, 0.05) is 32.3 Å². The first-order chi connectivity index (χ1) is 9.92. The van der Waals surface area contributed by atoms with Crippen LogP contribution in [0, 0.1) is 5.92 Å². The molecule has 1 aliphatic heterocycles. The Bertz CT molecular complexity index is 349. The van der Waals surface area contributed by atoms with Crippen molar-refractivity contribution in [1.82, 2.24) is 5.32 Å². The van der Waals surface area contributed by atoms with Crippen molar-refractivity contribution in [2.45, 2.75) is 32.3 Å². The first kappa shape index (κ1) is 15.5. The van der Waals surface area contributed by atoms with Crippen molar-refractivity contribution < 1.29 is 9.47 Å². The molecule has 0 aromatic heterocycles. The fourth-order valence-corrected chi connectivity index (χ4v) is 2.80. The molecule has 2 rings (SSSR count). The predicted molar refractivity (Wildman–Crippen MR) is 81.8 cm³/mol. The molecule has 20 heavy (non-hydrogen) atoms. The molecule has 1 fully saturated rings. The lowest BCUT2D eigenvalue weighted by atomic mass is 9.89. The summed E-state index contributed by atoms with van der Waals surface area (Å²) >= 11 is 0. The summed E-state index contributed by atoms with van der Waals surface area (Å²) in [6.07, 6.45) is 3.68. The minimum absolute atomic E-state index is 0.214. The lowest BCUT2D eigenvalue weighted by Gasteiger charge is -2.31. The SMILES string of the molecule is CCOCCCOC(c1ccccc1)[C@@H]1CCCNC1. The van der Waals surface area contributed by atoms with Gasteiger partial charge in [-0.3, -0.25) is 0 Å². The third kappa shape index (κ3) is 4.89. The molecule has 112 valence electrons. The molecule has 3 nitrogen and oxygen atoms in total. The number of benzene rings is 1. The van der Waals surface area contributed by atoms with Gasteiger partial charge in [0.05, 0.1) is 6.10 Å². The number of nitrogens with one attached hydrogen (secondary N) is 1. The summed E-state index contributed by atoms with van der Waals surface area (Å²) in [5.41, 5.74) is 1.30. The molecular formula is C17H27NO2. The highest BCUT2D eigenvalue weighted by Crippen LogP contribution is 2.30. The van der Waals surface area contributed by atoms with Crippen molar-refractivity contribution in [3.63, 3.8) is 0 Å². The van der Waals surface area contributed by atoms with Gasteiger partial charge < -0.3 is 14.8 Å². The Morgan fingerprint density at radius 1 is 1.25 bits per heavy atom. The Labute approximate surface area is 122 Å². The first-order valence-electron chi connectivity index (χ1n) is 7.87. The molecular weight excluding hydrogens is 250 g/mol. The largest absolute Gasteiger partial charge is 0.382 e. The molecule has 0 bridgehead atoms. The molecule has 1 aliphatic rings. The molecule has 1 unspecified atom stereocenters.